The first-order chi connectivity index (χ1) is 10.7. The van der Waals surface area contributed by atoms with Crippen LogP contribution < -0.4 is 4.72 Å². The summed E-state index contributed by atoms with van der Waals surface area (Å²) in [4.78, 5) is 3.85. The van der Waals surface area contributed by atoms with Gasteiger partial charge < -0.3 is 0 Å². The molecule has 3 rings (SSSR count). The fourth-order valence-electron chi connectivity index (χ4n) is 2.35. The van der Waals surface area contributed by atoms with E-state index in [0.717, 1.165) is 30.1 Å². The highest BCUT2D eigenvalue weighted by molar-refractivity contribution is 7.93. The van der Waals surface area contributed by atoms with E-state index in [1.165, 1.54) is 6.33 Å². The number of hydrogen-bond donors (Lipinski definition) is 1. The van der Waals surface area contributed by atoms with Crippen LogP contribution >= 0.6 is 22.9 Å². The van der Waals surface area contributed by atoms with Gasteiger partial charge in [-0.05, 0) is 18.9 Å². The second-order valence-electron chi connectivity index (χ2n) is 5.13. The number of nitrogens with zero attached hydrogens (tertiary/aromatic N) is 3. The minimum atomic E-state index is -3.97. The van der Waals surface area contributed by atoms with E-state index in [1.54, 1.807) is 4.68 Å². The van der Waals surface area contributed by atoms with Crippen LogP contribution in [0.15, 0.2) is 21.5 Å². The predicted molar refractivity (Wildman–Crippen MR) is 84.8 cm³/mol. The van der Waals surface area contributed by atoms with Gasteiger partial charge in [-0.25, -0.2) is 31.2 Å². The molecule has 0 bridgehead atoms. The first kappa shape index (κ1) is 16.8. The quantitative estimate of drug-likeness (QED) is 0.831. The Labute approximate surface area is 142 Å². The number of sulfonamides is 1. The molecule has 12 heteroatoms. The first-order valence-corrected chi connectivity index (χ1v) is 11.1. The summed E-state index contributed by atoms with van der Waals surface area (Å²) in [5.41, 5.74) is 0. The van der Waals surface area contributed by atoms with E-state index in [4.69, 9.17) is 11.6 Å². The molecule has 1 atom stereocenters. The number of halogens is 1. The van der Waals surface area contributed by atoms with Gasteiger partial charge >= 0.3 is 0 Å². The van der Waals surface area contributed by atoms with Crippen LogP contribution in [0.4, 0.5) is 0 Å². The predicted octanol–water partition coefficient (Wildman–Crippen LogP) is 1.21. The lowest BCUT2D eigenvalue weighted by atomic mass is 10.1. The molecular formula is C11H13ClN4O4S3. The molecule has 0 aliphatic carbocycles. The van der Waals surface area contributed by atoms with Crippen molar-refractivity contribution in [3.05, 3.63) is 22.6 Å². The average molecular weight is 397 g/mol. The van der Waals surface area contributed by atoms with Crippen LogP contribution in [0.2, 0.25) is 4.34 Å². The summed E-state index contributed by atoms with van der Waals surface area (Å²) in [5.74, 6) is 0.537. The fraction of sp³-hybridized carbons (Fsp3) is 0.455. The van der Waals surface area contributed by atoms with Crippen LogP contribution in [-0.4, -0.2) is 37.9 Å². The molecule has 0 fully saturated rings. The molecule has 2 aromatic rings. The molecule has 8 nitrogen and oxygen atoms in total. The zero-order chi connectivity index (χ0) is 16.8. The molecule has 23 heavy (non-hydrogen) atoms. The van der Waals surface area contributed by atoms with E-state index in [2.05, 4.69) is 14.8 Å². The highest BCUT2D eigenvalue weighted by Crippen LogP contribution is 2.35. The zero-order valence-electron chi connectivity index (χ0n) is 11.9. The third kappa shape index (κ3) is 3.29. The van der Waals surface area contributed by atoms with Crippen molar-refractivity contribution < 1.29 is 16.8 Å². The highest BCUT2D eigenvalue weighted by Gasteiger charge is 2.30. The normalized spacial score (nSPS) is 18.8. The van der Waals surface area contributed by atoms with Gasteiger partial charge in [0.1, 0.15) is 25.6 Å². The van der Waals surface area contributed by atoms with E-state index >= 15 is 0 Å². The maximum Gasteiger partial charge on any atom is 0.243 e. The summed E-state index contributed by atoms with van der Waals surface area (Å²) in [6.07, 6.45) is 3.72. The molecule has 0 amide bonds. The monoisotopic (exact) mass is 396 g/mol. The minimum Gasteiger partial charge on any atom is -0.248 e. The number of rotatable bonds is 4. The number of sulfone groups is 1. The summed E-state index contributed by atoms with van der Waals surface area (Å²) < 4.78 is 52.2. The first-order valence-electron chi connectivity index (χ1n) is 6.58. The molecular weight excluding hydrogens is 384 g/mol. The van der Waals surface area contributed by atoms with Crippen LogP contribution in [0.3, 0.4) is 0 Å². The number of hydrogen-bond acceptors (Lipinski definition) is 7. The van der Waals surface area contributed by atoms with Crippen molar-refractivity contribution in [3.63, 3.8) is 0 Å². The lowest BCUT2D eigenvalue weighted by molar-refractivity contribution is 0.400. The lowest BCUT2D eigenvalue weighted by Gasteiger charge is -2.22. The molecule has 1 aliphatic heterocycles. The van der Waals surface area contributed by atoms with Crippen molar-refractivity contribution >= 4 is 42.8 Å². The van der Waals surface area contributed by atoms with Gasteiger partial charge in [0.2, 0.25) is 10.0 Å². The van der Waals surface area contributed by atoms with Gasteiger partial charge in [-0.1, -0.05) is 11.6 Å². The Morgan fingerprint density at radius 3 is 2.78 bits per heavy atom. The second kappa shape index (κ2) is 5.81. The maximum absolute atomic E-state index is 12.6. The SMILES string of the molecule is CS(=O)(=O)c1cc(S(=O)(=O)NC2CCCn3ncnc32)c(Cl)s1. The van der Waals surface area contributed by atoms with Gasteiger partial charge in [0.05, 0.1) is 6.04 Å². The van der Waals surface area contributed by atoms with Crippen molar-refractivity contribution in [2.45, 2.75) is 34.5 Å². The zero-order valence-corrected chi connectivity index (χ0v) is 15.1. The van der Waals surface area contributed by atoms with Crippen molar-refractivity contribution in [2.75, 3.05) is 6.26 Å². The summed E-state index contributed by atoms with van der Waals surface area (Å²) in [7, 11) is -7.49. The van der Waals surface area contributed by atoms with Crippen LogP contribution in [0.25, 0.3) is 0 Å². The summed E-state index contributed by atoms with van der Waals surface area (Å²) in [6, 6.07) is 0.562. The molecule has 0 saturated carbocycles. The average Bonchev–Trinajstić information content (AvgIpc) is 3.04. The van der Waals surface area contributed by atoms with E-state index in [-0.39, 0.29) is 13.4 Å². The molecule has 0 aromatic carbocycles. The van der Waals surface area contributed by atoms with E-state index in [9.17, 15) is 16.8 Å². The minimum absolute atomic E-state index is 0.0878. The molecule has 1 N–H and O–H groups in total. The Morgan fingerprint density at radius 1 is 1.39 bits per heavy atom. The topological polar surface area (TPSA) is 111 Å². The number of aromatic nitrogens is 3. The smallest absolute Gasteiger partial charge is 0.243 e. The number of aryl methyl sites for hydroxylation is 1. The van der Waals surface area contributed by atoms with E-state index < -0.39 is 25.9 Å². The molecule has 1 aliphatic rings. The van der Waals surface area contributed by atoms with Crippen LogP contribution in [0.5, 0.6) is 0 Å². The maximum atomic E-state index is 12.6. The van der Waals surface area contributed by atoms with Crippen molar-refractivity contribution in [2.24, 2.45) is 0 Å². The van der Waals surface area contributed by atoms with Gasteiger partial charge in [-0.15, -0.1) is 11.3 Å². The largest absolute Gasteiger partial charge is 0.248 e. The molecule has 0 saturated heterocycles. The standard InChI is InChI=1S/C11H13ClN4O4S3/c1-22(17,18)9-5-8(10(12)21-9)23(19,20)15-7-3-2-4-16-11(7)13-6-14-16/h5-7,15H,2-4H2,1H3. The van der Waals surface area contributed by atoms with Gasteiger partial charge in [-0.2, -0.15) is 5.10 Å². The van der Waals surface area contributed by atoms with E-state index in [1.807, 2.05) is 0 Å². The number of thiophene rings is 1. The summed E-state index contributed by atoms with van der Waals surface area (Å²) >= 11 is 6.66. The molecule has 1 unspecified atom stereocenters. The molecule has 126 valence electrons. The molecule has 3 heterocycles. The number of fused-ring (bicyclic) bond motifs is 1. The lowest BCUT2D eigenvalue weighted by Crippen LogP contribution is -2.33. The Balaban J connectivity index is 1.94. The summed E-state index contributed by atoms with van der Waals surface area (Å²) in [5, 5.41) is 4.03. The van der Waals surface area contributed by atoms with Gasteiger partial charge in [0.25, 0.3) is 0 Å². The fourth-order valence-corrected chi connectivity index (χ4v) is 6.61. The Morgan fingerprint density at radius 2 is 2.13 bits per heavy atom. The Bertz CT molecular complexity index is 948. The van der Waals surface area contributed by atoms with E-state index in [0.29, 0.717) is 18.8 Å². The van der Waals surface area contributed by atoms with Crippen molar-refractivity contribution in [1.82, 2.24) is 19.5 Å². The highest BCUT2D eigenvalue weighted by atomic mass is 35.5. The van der Waals surface area contributed by atoms with Gasteiger partial charge in [0.15, 0.2) is 9.84 Å². The third-order valence-electron chi connectivity index (χ3n) is 3.41. The van der Waals surface area contributed by atoms with Gasteiger partial charge in [0, 0.05) is 12.8 Å². The van der Waals surface area contributed by atoms with Crippen LogP contribution in [0.1, 0.15) is 24.7 Å². The van der Waals surface area contributed by atoms with Crippen LogP contribution in [0, 0.1) is 0 Å². The van der Waals surface area contributed by atoms with Crippen molar-refractivity contribution in [3.8, 4) is 0 Å². The van der Waals surface area contributed by atoms with Gasteiger partial charge in [-0.3, -0.25) is 0 Å². The third-order valence-corrected chi connectivity index (χ3v) is 8.30. The molecule has 0 radical (unpaired) electrons. The second-order valence-corrected chi connectivity index (χ2v) is 10.7. The number of nitrogens with one attached hydrogen (secondary N) is 1. The summed E-state index contributed by atoms with van der Waals surface area (Å²) in [6.45, 7) is 0.686. The molecule has 0 spiro atoms. The Kier molecular flexibility index (Phi) is 4.25. The Hall–Kier alpha value is -1.01. The van der Waals surface area contributed by atoms with Crippen molar-refractivity contribution in [1.29, 1.82) is 0 Å². The molecule has 2 aromatic heterocycles. The van der Waals surface area contributed by atoms with Crippen LogP contribution in [-0.2, 0) is 26.4 Å².